The standard InChI is InChI=1S/C24H24O4S3/c1-29-20-10-8-18(9-11-20)17-4-6-19(7-5-17)21-12-13-22(30-21)24(16-23(25)26)14-2-3-15-31(24,27)28/h4-13H,2-3,14-16H2,1H3,(H,25,26)/t24-/m0/s1. The van der Waals surface area contributed by atoms with Gasteiger partial charge in [0.05, 0.1) is 12.2 Å². The summed E-state index contributed by atoms with van der Waals surface area (Å²) in [6.07, 6.45) is 3.37. The van der Waals surface area contributed by atoms with Crippen LogP contribution in [0.5, 0.6) is 0 Å². The minimum Gasteiger partial charge on any atom is -0.481 e. The number of rotatable bonds is 6. The van der Waals surface area contributed by atoms with Gasteiger partial charge in [0.2, 0.25) is 0 Å². The van der Waals surface area contributed by atoms with E-state index in [1.165, 1.54) is 16.2 Å². The second-order valence-electron chi connectivity index (χ2n) is 7.81. The van der Waals surface area contributed by atoms with E-state index in [2.05, 4.69) is 42.7 Å². The van der Waals surface area contributed by atoms with Crippen LogP contribution in [0.25, 0.3) is 21.6 Å². The summed E-state index contributed by atoms with van der Waals surface area (Å²) in [4.78, 5) is 14.4. The normalized spacial score (nSPS) is 20.4. The van der Waals surface area contributed by atoms with Crippen LogP contribution >= 0.6 is 23.1 Å². The third kappa shape index (κ3) is 4.31. The highest BCUT2D eigenvalue weighted by atomic mass is 32.2. The maximum absolute atomic E-state index is 13.0. The summed E-state index contributed by atoms with van der Waals surface area (Å²) in [5.41, 5.74) is 3.26. The average molecular weight is 473 g/mol. The molecule has 1 fully saturated rings. The number of carbonyl (C=O) groups is 1. The highest BCUT2D eigenvalue weighted by Gasteiger charge is 2.49. The Bertz CT molecular complexity index is 1180. The van der Waals surface area contributed by atoms with Crippen molar-refractivity contribution in [3.63, 3.8) is 0 Å². The molecule has 3 aromatic rings. The topological polar surface area (TPSA) is 71.4 Å². The van der Waals surface area contributed by atoms with Crippen LogP contribution in [0.1, 0.15) is 30.6 Å². The highest BCUT2D eigenvalue weighted by molar-refractivity contribution is 7.98. The van der Waals surface area contributed by atoms with Crippen LogP contribution in [0, 0.1) is 0 Å². The fraction of sp³-hybridized carbons (Fsp3) is 0.292. The van der Waals surface area contributed by atoms with E-state index in [0.29, 0.717) is 17.7 Å². The predicted octanol–water partition coefficient (Wildman–Crippen LogP) is 6.07. The summed E-state index contributed by atoms with van der Waals surface area (Å²) in [5.74, 6) is -1.02. The summed E-state index contributed by atoms with van der Waals surface area (Å²) in [5, 5.41) is 9.46. The van der Waals surface area contributed by atoms with Crippen LogP contribution in [0.3, 0.4) is 0 Å². The Balaban J connectivity index is 1.65. The number of hydrogen-bond donors (Lipinski definition) is 1. The van der Waals surface area contributed by atoms with E-state index in [1.807, 2.05) is 18.2 Å². The average Bonchev–Trinajstić information content (AvgIpc) is 3.26. The van der Waals surface area contributed by atoms with Crippen LogP contribution in [-0.4, -0.2) is 31.5 Å². The lowest BCUT2D eigenvalue weighted by molar-refractivity contribution is -0.137. The second kappa shape index (κ2) is 8.81. The lowest BCUT2D eigenvalue weighted by Crippen LogP contribution is -2.41. The Labute approximate surface area is 191 Å². The monoisotopic (exact) mass is 472 g/mol. The predicted molar refractivity (Wildman–Crippen MR) is 129 cm³/mol. The molecule has 1 N–H and O–H groups in total. The van der Waals surface area contributed by atoms with Crippen molar-refractivity contribution in [1.82, 2.24) is 0 Å². The molecule has 2 aromatic carbocycles. The van der Waals surface area contributed by atoms with Gasteiger partial charge in [0.1, 0.15) is 4.75 Å². The van der Waals surface area contributed by atoms with Gasteiger partial charge < -0.3 is 5.11 Å². The summed E-state index contributed by atoms with van der Waals surface area (Å²) < 4.78 is 24.6. The first kappa shape index (κ1) is 22.1. The van der Waals surface area contributed by atoms with E-state index in [4.69, 9.17) is 0 Å². The number of thioether (sulfide) groups is 1. The van der Waals surface area contributed by atoms with Crippen LogP contribution in [0.4, 0.5) is 0 Å². The smallest absolute Gasteiger partial charge is 0.305 e. The third-order valence-corrected chi connectivity index (χ3v) is 10.7. The van der Waals surface area contributed by atoms with E-state index in [9.17, 15) is 18.3 Å². The van der Waals surface area contributed by atoms with Crippen LogP contribution in [0.15, 0.2) is 65.6 Å². The zero-order valence-corrected chi connectivity index (χ0v) is 19.7. The number of sulfone groups is 1. The maximum Gasteiger partial charge on any atom is 0.305 e. The summed E-state index contributed by atoms with van der Waals surface area (Å²) in [6, 6.07) is 20.3. The molecule has 1 aromatic heterocycles. The SMILES string of the molecule is CSc1ccc(-c2ccc(-c3ccc([C@@]4(CC(=O)O)CCCCS4(=O)=O)s3)cc2)cc1. The Morgan fingerprint density at radius 1 is 0.968 bits per heavy atom. The molecule has 1 aliphatic rings. The molecule has 1 saturated heterocycles. The van der Waals surface area contributed by atoms with Crippen molar-refractivity contribution in [2.45, 2.75) is 35.3 Å². The molecule has 7 heteroatoms. The number of hydrogen-bond acceptors (Lipinski definition) is 5. The number of aliphatic carboxylic acids is 1. The number of carboxylic acid groups (broad SMARTS) is 1. The Morgan fingerprint density at radius 2 is 1.58 bits per heavy atom. The quantitative estimate of drug-likeness (QED) is 0.441. The first-order valence-corrected chi connectivity index (χ1v) is 13.8. The van der Waals surface area contributed by atoms with Gasteiger partial charge >= 0.3 is 5.97 Å². The molecule has 4 rings (SSSR count). The first-order valence-electron chi connectivity index (χ1n) is 10.1. The maximum atomic E-state index is 13.0. The lowest BCUT2D eigenvalue weighted by atomic mass is 9.95. The zero-order valence-electron chi connectivity index (χ0n) is 17.2. The number of thiophene rings is 1. The van der Waals surface area contributed by atoms with E-state index >= 15 is 0 Å². The van der Waals surface area contributed by atoms with E-state index in [1.54, 1.807) is 17.8 Å². The Kier molecular flexibility index (Phi) is 6.28. The molecular formula is C24H24O4S3. The van der Waals surface area contributed by atoms with Crippen molar-refractivity contribution in [2.75, 3.05) is 12.0 Å². The molecule has 0 aliphatic carbocycles. The first-order chi connectivity index (χ1) is 14.8. The largest absolute Gasteiger partial charge is 0.481 e. The molecule has 0 spiro atoms. The molecule has 0 amide bonds. The van der Waals surface area contributed by atoms with Gasteiger partial charge in [0.25, 0.3) is 0 Å². The summed E-state index contributed by atoms with van der Waals surface area (Å²) in [7, 11) is -3.52. The van der Waals surface area contributed by atoms with Crippen molar-refractivity contribution in [2.24, 2.45) is 0 Å². The lowest BCUT2D eigenvalue weighted by Gasteiger charge is -2.34. The molecule has 1 aliphatic heterocycles. The molecule has 0 radical (unpaired) electrons. The van der Waals surface area contributed by atoms with Gasteiger partial charge in [-0.1, -0.05) is 42.8 Å². The van der Waals surface area contributed by atoms with Gasteiger partial charge in [-0.15, -0.1) is 23.1 Å². The molecule has 162 valence electrons. The van der Waals surface area contributed by atoms with Gasteiger partial charge in [0, 0.05) is 14.6 Å². The Morgan fingerprint density at radius 3 is 2.16 bits per heavy atom. The van der Waals surface area contributed by atoms with Gasteiger partial charge in [-0.25, -0.2) is 8.42 Å². The minimum atomic E-state index is -3.52. The van der Waals surface area contributed by atoms with Crippen LogP contribution in [0.2, 0.25) is 0 Å². The molecule has 1 atom stereocenters. The van der Waals surface area contributed by atoms with Crippen molar-refractivity contribution >= 4 is 38.9 Å². The van der Waals surface area contributed by atoms with Crippen molar-refractivity contribution in [3.8, 4) is 21.6 Å². The van der Waals surface area contributed by atoms with Crippen molar-refractivity contribution < 1.29 is 18.3 Å². The van der Waals surface area contributed by atoms with Crippen LogP contribution in [-0.2, 0) is 19.4 Å². The van der Waals surface area contributed by atoms with E-state index < -0.39 is 20.6 Å². The fourth-order valence-corrected chi connectivity index (χ4v) is 8.39. The molecule has 2 heterocycles. The fourth-order valence-electron chi connectivity index (χ4n) is 4.21. The number of benzene rings is 2. The molecule has 31 heavy (non-hydrogen) atoms. The van der Waals surface area contributed by atoms with E-state index in [0.717, 1.165) is 28.0 Å². The van der Waals surface area contributed by atoms with Gasteiger partial charge in [-0.2, -0.15) is 0 Å². The molecular weight excluding hydrogens is 448 g/mol. The minimum absolute atomic E-state index is 0.0531. The molecule has 4 nitrogen and oxygen atoms in total. The van der Waals surface area contributed by atoms with Gasteiger partial charge in [-0.05, 0) is 60.1 Å². The Hall–Kier alpha value is -2.09. The second-order valence-corrected chi connectivity index (χ2v) is 12.2. The van der Waals surface area contributed by atoms with E-state index in [-0.39, 0.29) is 12.2 Å². The zero-order chi connectivity index (χ0) is 22.1. The summed E-state index contributed by atoms with van der Waals surface area (Å²) in [6.45, 7) is 0. The molecule has 0 unspecified atom stereocenters. The third-order valence-electron chi connectivity index (χ3n) is 5.92. The number of carboxylic acids is 1. The van der Waals surface area contributed by atoms with Crippen LogP contribution < -0.4 is 0 Å². The van der Waals surface area contributed by atoms with Gasteiger partial charge in [0.15, 0.2) is 9.84 Å². The highest BCUT2D eigenvalue weighted by Crippen LogP contribution is 2.47. The van der Waals surface area contributed by atoms with Crippen molar-refractivity contribution in [1.29, 1.82) is 0 Å². The molecule has 0 bridgehead atoms. The summed E-state index contributed by atoms with van der Waals surface area (Å²) >= 11 is 3.11. The van der Waals surface area contributed by atoms with Gasteiger partial charge in [-0.3, -0.25) is 4.79 Å². The molecule has 0 saturated carbocycles. The van der Waals surface area contributed by atoms with Crippen molar-refractivity contribution in [3.05, 3.63) is 65.5 Å².